The Balaban J connectivity index is 2.76. The van der Waals surface area contributed by atoms with Crippen LogP contribution in [0.2, 0.25) is 0 Å². The van der Waals surface area contributed by atoms with Gasteiger partial charge in [-0.3, -0.25) is 30.0 Å². The van der Waals surface area contributed by atoms with E-state index in [0.717, 1.165) is 0 Å². The van der Waals surface area contributed by atoms with E-state index >= 15 is 0 Å². The van der Waals surface area contributed by atoms with Crippen LogP contribution in [0, 0.1) is 0 Å². The molecule has 8 heteroatoms. The van der Waals surface area contributed by atoms with E-state index in [1.54, 1.807) is 38.1 Å². The number of rotatable bonds is 4. The summed E-state index contributed by atoms with van der Waals surface area (Å²) in [6, 6.07) is 8.61. The predicted molar refractivity (Wildman–Crippen MR) is 87.8 cm³/mol. The van der Waals surface area contributed by atoms with Gasteiger partial charge in [-0.1, -0.05) is 30.3 Å². The lowest BCUT2D eigenvalue weighted by atomic mass is 10.2. The number of hydrogen-bond donors (Lipinski definition) is 4. The second-order valence-electron chi connectivity index (χ2n) is 5.19. The molecule has 0 aliphatic carbocycles. The van der Waals surface area contributed by atoms with Crippen LogP contribution in [0.4, 0.5) is 0 Å². The van der Waals surface area contributed by atoms with Gasteiger partial charge in [-0.05, 0) is 25.5 Å². The molecule has 8 nitrogen and oxygen atoms in total. The van der Waals surface area contributed by atoms with Crippen LogP contribution in [-0.2, 0) is 19.2 Å². The van der Waals surface area contributed by atoms with Gasteiger partial charge in [0.2, 0.25) is 5.91 Å². The van der Waals surface area contributed by atoms with Crippen molar-refractivity contribution in [3.8, 4) is 0 Å². The highest BCUT2D eigenvalue weighted by molar-refractivity contribution is 6.35. The van der Waals surface area contributed by atoms with Gasteiger partial charge in [0.1, 0.15) is 5.70 Å². The van der Waals surface area contributed by atoms with E-state index in [9.17, 15) is 19.2 Å². The smallest absolute Gasteiger partial charge is 0.327 e. The third-order valence-corrected chi connectivity index (χ3v) is 2.58. The third-order valence-electron chi connectivity index (χ3n) is 2.58. The molecule has 0 spiro atoms. The van der Waals surface area contributed by atoms with Gasteiger partial charge < -0.3 is 10.6 Å². The Morgan fingerprint density at radius 3 is 2.04 bits per heavy atom. The maximum absolute atomic E-state index is 12.1. The van der Waals surface area contributed by atoms with E-state index in [2.05, 4.69) is 16.1 Å². The van der Waals surface area contributed by atoms with E-state index in [4.69, 9.17) is 0 Å². The Kier molecular flexibility index (Phi) is 7.15. The van der Waals surface area contributed by atoms with Crippen LogP contribution in [0.1, 0.15) is 26.3 Å². The van der Waals surface area contributed by atoms with Gasteiger partial charge in [-0.25, -0.2) is 0 Å². The fourth-order valence-corrected chi connectivity index (χ4v) is 1.63. The first-order chi connectivity index (χ1) is 11.3. The van der Waals surface area contributed by atoms with Crippen molar-refractivity contribution in [3.63, 3.8) is 0 Å². The van der Waals surface area contributed by atoms with E-state index in [0.29, 0.717) is 5.56 Å². The number of hydrogen-bond acceptors (Lipinski definition) is 4. The quantitative estimate of drug-likeness (QED) is 0.348. The van der Waals surface area contributed by atoms with Gasteiger partial charge in [0.15, 0.2) is 0 Å². The van der Waals surface area contributed by atoms with E-state index < -0.39 is 23.6 Å². The van der Waals surface area contributed by atoms with Crippen LogP contribution in [0.25, 0.3) is 6.08 Å². The molecule has 0 aromatic heterocycles. The molecule has 24 heavy (non-hydrogen) atoms. The van der Waals surface area contributed by atoms with Crippen molar-refractivity contribution in [1.82, 2.24) is 21.5 Å². The predicted octanol–water partition coefficient (Wildman–Crippen LogP) is -0.164. The van der Waals surface area contributed by atoms with E-state index in [-0.39, 0.29) is 11.7 Å². The Hall–Kier alpha value is -3.16. The van der Waals surface area contributed by atoms with Gasteiger partial charge in [0, 0.05) is 13.0 Å². The molecule has 0 saturated carbocycles. The standard InChI is InChI=1S/C16H20N4O4/c1-10(2)17-15(23)16(24)20-19-14(22)13(18-11(3)21)9-12-7-5-4-6-8-12/h4-10H,1-3H3,(H,17,23)(H,18,21)(H,19,22)(H,20,24)/b13-9-. The zero-order chi connectivity index (χ0) is 18.1. The molecule has 0 saturated heterocycles. The lowest BCUT2D eigenvalue weighted by molar-refractivity contribution is -0.141. The summed E-state index contributed by atoms with van der Waals surface area (Å²) < 4.78 is 0. The summed E-state index contributed by atoms with van der Waals surface area (Å²) in [6.07, 6.45) is 1.44. The van der Waals surface area contributed by atoms with Crippen molar-refractivity contribution in [2.45, 2.75) is 26.8 Å². The molecule has 0 aliphatic heterocycles. The first-order valence-electron chi connectivity index (χ1n) is 7.25. The maximum Gasteiger partial charge on any atom is 0.327 e. The summed E-state index contributed by atoms with van der Waals surface area (Å²) in [7, 11) is 0. The summed E-state index contributed by atoms with van der Waals surface area (Å²) in [5.74, 6) is -3.10. The van der Waals surface area contributed by atoms with Crippen LogP contribution in [0.3, 0.4) is 0 Å². The fraction of sp³-hybridized carbons (Fsp3) is 0.250. The third kappa shape index (κ3) is 6.73. The topological polar surface area (TPSA) is 116 Å². The molecule has 0 aliphatic rings. The minimum absolute atomic E-state index is 0.0710. The molecule has 4 amide bonds. The summed E-state index contributed by atoms with van der Waals surface area (Å²) in [6.45, 7) is 4.64. The van der Waals surface area contributed by atoms with Gasteiger partial charge >= 0.3 is 11.8 Å². The van der Waals surface area contributed by atoms with Crippen molar-refractivity contribution >= 4 is 29.7 Å². The number of carbonyl (C=O) groups is 4. The average molecular weight is 332 g/mol. The maximum atomic E-state index is 12.1. The molecule has 0 atom stereocenters. The largest absolute Gasteiger partial charge is 0.346 e. The van der Waals surface area contributed by atoms with Crippen molar-refractivity contribution in [2.75, 3.05) is 0 Å². The van der Waals surface area contributed by atoms with Gasteiger partial charge in [-0.15, -0.1) is 0 Å². The number of hydrazine groups is 1. The van der Waals surface area contributed by atoms with Crippen molar-refractivity contribution in [1.29, 1.82) is 0 Å². The van der Waals surface area contributed by atoms with Crippen LogP contribution >= 0.6 is 0 Å². The monoisotopic (exact) mass is 332 g/mol. The summed E-state index contributed by atoms with van der Waals surface area (Å²) >= 11 is 0. The Labute approximate surface area is 139 Å². The lowest BCUT2D eigenvalue weighted by Crippen LogP contribution is -2.51. The fourth-order valence-electron chi connectivity index (χ4n) is 1.63. The molecule has 1 aromatic carbocycles. The van der Waals surface area contributed by atoms with E-state index in [1.165, 1.54) is 13.0 Å². The Morgan fingerprint density at radius 1 is 0.917 bits per heavy atom. The zero-order valence-electron chi connectivity index (χ0n) is 13.7. The van der Waals surface area contributed by atoms with Gasteiger partial charge in [0.05, 0.1) is 0 Å². The van der Waals surface area contributed by atoms with Crippen LogP contribution in [0.5, 0.6) is 0 Å². The van der Waals surface area contributed by atoms with Crippen LogP contribution in [0.15, 0.2) is 36.0 Å². The molecular weight excluding hydrogens is 312 g/mol. The highest BCUT2D eigenvalue weighted by atomic mass is 16.2. The second-order valence-corrected chi connectivity index (χ2v) is 5.19. The molecule has 0 radical (unpaired) electrons. The molecule has 0 fully saturated rings. The van der Waals surface area contributed by atoms with Crippen LogP contribution in [-0.4, -0.2) is 29.7 Å². The SMILES string of the molecule is CC(=O)N/C(=C\c1ccccc1)C(=O)NNC(=O)C(=O)NC(C)C. The van der Waals surface area contributed by atoms with Crippen molar-refractivity contribution < 1.29 is 19.2 Å². The summed E-state index contributed by atoms with van der Waals surface area (Å²) in [5.41, 5.74) is 4.67. The Morgan fingerprint density at radius 2 is 1.50 bits per heavy atom. The normalized spacial score (nSPS) is 10.8. The van der Waals surface area contributed by atoms with Gasteiger partial charge in [-0.2, -0.15) is 0 Å². The second kappa shape index (κ2) is 9.09. The molecule has 1 rings (SSSR count). The Bertz CT molecular complexity index is 653. The van der Waals surface area contributed by atoms with Gasteiger partial charge in [0.25, 0.3) is 5.91 Å². The molecule has 4 N–H and O–H groups in total. The lowest BCUT2D eigenvalue weighted by Gasteiger charge is -2.11. The molecular formula is C16H20N4O4. The van der Waals surface area contributed by atoms with Crippen molar-refractivity contribution in [2.24, 2.45) is 0 Å². The first kappa shape index (κ1) is 18.9. The van der Waals surface area contributed by atoms with Crippen molar-refractivity contribution in [3.05, 3.63) is 41.6 Å². The molecule has 128 valence electrons. The van der Waals surface area contributed by atoms with Crippen LogP contribution < -0.4 is 21.5 Å². The summed E-state index contributed by atoms with van der Waals surface area (Å²) in [4.78, 5) is 46.3. The molecule has 0 unspecified atom stereocenters. The molecule has 1 aromatic rings. The first-order valence-corrected chi connectivity index (χ1v) is 7.25. The minimum Gasteiger partial charge on any atom is -0.346 e. The van der Waals surface area contributed by atoms with E-state index in [1.807, 2.05) is 11.5 Å². The minimum atomic E-state index is -1.01. The molecule has 0 heterocycles. The number of carbonyl (C=O) groups excluding carboxylic acids is 4. The molecule has 0 bridgehead atoms. The number of nitrogens with one attached hydrogen (secondary N) is 4. The highest BCUT2D eigenvalue weighted by Gasteiger charge is 2.17. The number of benzene rings is 1. The summed E-state index contributed by atoms with van der Waals surface area (Å²) in [5, 5.41) is 4.75. The average Bonchev–Trinajstić information content (AvgIpc) is 2.51. The zero-order valence-corrected chi connectivity index (χ0v) is 13.7. The highest BCUT2D eigenvalue weighted by Crippen LogP contribution is 2.04. The number of amides is 4.